The number of methoxy groups -OCH3 is 1. The van der Waals surface area contributed by atoms with Gasteiger partial charge < -0.3 is 14.0 Å². The van der Waals surface area contributed by atoms with E-state index in [0.717, 1.165) is 22.8 Å². The summed E-state index contributed by atoms with van der Waals surface area (Å²) in [6.07, 6.45) is 0. The second-order valence-corrected chi connectivity index (χ2v) is 7.56. The van der Waals surface area contributed by atoms with Crippen LogP contribution in [0.25, 0.3) is 0 Å². The van der Waals surface area contributed by atoms with Crippen LogP contribution in [0, 0.1) is 27.7 Å². The van der Waals surface area contributed by atoms with Crippen molar-refractivity contribution in [3.8, 4) is 5.75 Å². The number of hydrogen-bond acceptors (Lipinski definition) is 4. The van der Waals surface area contributed by atoms with Crippen molar-refractivity contribution in [1.29, 1.82) is 0 Å². The lowest BCUT2D eigenvalue weighted by molar-refractivity contribution is 0.0919. The van der Waals surface area contributed by atoms with Gasteiger partial charge in [-0.15, -0.1) is 0 Å². The smallest absolute Gasteiger partial charge is 0.270 e. The summed E-state index contributed by atoms with van der Waals surface area (Å²) in [4.78, 5) is 25.1. The molecule has 0 radical (unpaired) electrons. The molecule has 0 atom stereocenters. The summed E-state index contributed by atoms with van der Waals surface area (Å²) in [6, 6.07) is 12.5. The van der Waals surface area contributed by atoms with Gasteiger partial charge in [0.25, 0.3) is 5.91 Å². The van der Waals surface area contributed by atoms with Gasteiger partial charge in [0.2, 0.25) is 5.78 Å². The molecule has 31 heavy (non-hydrogen) atoms. The van der Waals surface area contributed by atoms with Crippen molar-refractivity contribution >= 4 is 11.7 Å². The number of amides is 1. The number of Topliss-reactive ketones (excluding diaryl/α,β-unsaturated/α-hetero) is 1. The molecule has 1 aromatic carbocycles. The SMILES string of the molecule is COCCn1c(C)cc(C(=O)COc2ccc(C(=O)Nn3c(C)ccc3C)cc2)c1C. The van der Waals surface area contributed by atoms with E-state index in [1.54, 1.807) is 36.1 Å². The molecule has 0 saturated carbocycles. The third kappa shape index (κ3) is 5.06. The van der Waals surface area contributed by atoms with Crippen LogP contribution in [-0.4, -0.2) is 41.3 Å². The summed E-state index contributed by atoms with van der Waals surface area (Å²) in [6.45, 7) is 8.98. The number of nitrogens with one attached hydrogen (secondary N) is 1. The average Bonchev–Trinajstić information content (AvgIpc) is 3.23. The van der Waals surface area contributed by atoms with Crippen LogP contribution in [0.3, 0.4) is 0 Å². The van der Waals surface area contributed by atoms with Crippen molar-refractivity contribution in [1.82, 2.24) is 9.24 Å². The third-order valence-electron chi connectivity index (χ3n) is 5.36. The Bertz CT molecular complexity index is 1060. The minimum Gasteiger partial charge on any atom is -0.485 e. The third-order valence-corrected chi connectivity index (χ3v) is 5.36. The summed E-state index contributed by atoms with van der Waals surface area (Å²) in [5, 5.41) is 0. The molecule has 164 valence electrons. The van der Waals surface area contributed by atoms with Gasteiger partial charge in [-0.05, 0) is 70.2 Å². The van der Waals surface area contributed by atoms with Crippen LogP contribution in [0.2, 0.25) is 0 Å². The molecule has 0 aliphatic rings. The standard InChI is InChI=1S/C24H29N3O4/c1-16-6-7-17(2)27(16)25-24(29)20-8-10-21(11-9-20)31-15-23(28)22-14-18(3)26(19(22)4)12-13-30-5/h6-11,14H,12-13,15H2,1-5H3,(H,25,29). The highest BCUT2D eigenvalue weighted by atomic mass is 16.5. The van der Waals surface area contributed by atoms with E-state index in [4.69, 9.17) is 9.47 Å². The second kappa shape index (κ2) is 9.66. The normalized spacial score (nSPS) is 10.9. The van der Waals surface area contributed by atoms with E-state index in [1.165, 1.54) is 0 Å². The maximum Gasteiger partial charge on any atom is 0.270 e. The van der Waals surface area contributed by atoms with Crippen molar-refractivity contribution < 1.29 is 19.1 Å². The van der Waals surface area contributed by atoms with Gasteiger partial charge in [0.05, 0.1) is 6.61 Å². The van der Waals surface area contributed by atoms with Crippen molar-refractivity contribution in [3.63, 3.8) is 0 Å². The first-order valence-electron chi connectivity index (χ1n) is 10.2. The zero-order chi connectivity index (χ0) is 22.5. The minimum absolute atomic E-state index is 0.0676. The Hall–Kier alpha value is -3.32. The molecule has 1 amide bonds. The molecule has 2 aromatic heterocycles. The predicted molar refractivity (Wildman–Crippen MR) is 120 cm³/mol. The predicted octanol–water partition coefficient (Wildman–Crippen LogP) is 3.82. The Labute approximate surface area is 182 Å². The molecule has 7 heteroatoms. The van der Waals surface area contributed by atoms with Crippen LogP contribution in [0.15, 0.2) is 42.5 Å². The Kier molecular flexibility index (Phi) is 6.97. The zero-order valence-electron chi connectivity index (χ0n) is 18.7. The number of hydrogen-bond donors (Lipinski definition) is 1. The summed E-state index contributed by atoms with van der Waals surface area (Å²) in [7, 11) is 1.66. The van der Waals surface area contributed by atoms with Crippen molar-refractivity contribution in [2.24, 2.45) is 0 Å². The number of aromatic nitrogens is 2. The Morgan fingerprint density at radius 2 is 1.58 bits per heavy atom. The van der Waals surface area contributed by atoms with Gasteiger partial charge in [-0.2, -0.15) is 0 Å². The number of rotatable bonds is 9. The highest BCUT2D eigenvalue weighted by Gasteiger charge is 2.16. The van der Waals surface area contributed by atoms with E-state index >= 15 is 0 Å². The Balaban J connectivity index is 1.60. The fourth-order valence-corrected chi connectivity index (χ4v) is 3.55. The Morgan fingerprint density at radius 1 is 0.935 bits per heavy atom. The maximum absolute atomic E-state index is 12.7. The molecule has 3 rings (SSSR count). The van der Waals surface area contributed by atoms with Gasteiger partial charge in [-0.25, -0.2) is 0 Å². The molecule has 0 fully saturated rings. The number of ketones is 1. The largest absolute Gasteiger partial charge is 0.485 e. The summed E-state index contributed by atoms with van der Waals surface area (Å²) in [5.74, 6) is 0.233. The first-order chi connectivity index (χ1) is 14.8. The van der Waals surface area contributed by atoms with Crippen molar-refractivity contribution in [2.75, 3.05) is 25.7 Å². The van der Waals surface area contributed by atoms with Gasteiger partial charge in [0.15, 0.2) is 6.61 Å². The first-order valence-corrected chi connectivity index (χ1v) is 10.2. The molecule has 0 aliphatic heterocycles. The quantitative estimate of drug-likeness (QED) is 0.531. The van der Waals surface area contributed by atoms with Crippen LogP contribution in [0.5, 0.6) is 5.75 Å². The van der Waals surface area contributed by atoms with E-state index in [9.17, 15) is 9.59 Å². The van der Waals surface area contributed by atoms with Crippen molar-refractivity contribution in [3.05, 3.63) is 76.4 Å². The van der Waals surface area contributed by atoms with Crippen LogP contribution in [0.4, 0.5) is 0 Å². The lowest BCUT2D eigenvalue weighted by Gasteiger charge is -2.12. The first kappa shape index (κ1) is 22.4. The number of nitrogens with zero attached hydrogens (tertiary/aromatic N) is 2. The Morgan fingerprint density at radius 3 is 2.19 bits per heavy atom. The van der Waals surface area contributed by atoms with E-state index in [1.807, 2.05) is 45.9 Å². The number of carbonyl (C=O) groups excluding carboxylic acids is 2. The minimum atomic E-state index is -0.214. The highest BCUT2D eigenvalue weighted by Crippen LogP contribution is 2.18. The van der Waals surface area contributed by atoms with Crippen LogP contribution in [0.1, 0.15) is 43.5 Å². The van der Waals surface area contributed by atoms with Gasteiger partial charge >= 0.3 is 0 Å². The molecular weight excluding hydrogens is 394 g/mol. The monoisotopic (exact) mass is 423 g/mol. The molecule has 0 aliphatic carbocycles. The number of benzene rings is 1. The summed E-state index contributed by atoms with van der Waals surface area (Å²) >= 11 is 0. The van der Waals surface area contributed by atoms with Gasteiger partial charge in [-0.3, -0.25) is 19.7 Å². The van der Waals surface area contributed by atoms with E-state index in [-0.39, 0.29) is 18.3 Å². The molecule has 0 unspecified atom stereocenters. The second-order valence-electron chi connectivity index (χ2n) is 7.56. The van der Waals surface area contributed by atoms with Crippen LogP contribution >= 0.6 is 0 Å². The summed E-state index contributed by atoms with van der Waals surface area (Å²) in [5.41, 5.74) is 7.85. The van der Waals surface area contributed by atoms with Gasteiger partial charge in [0, 0.05) is 47.6 Å². The molecule has 3 aromatic rings. The van der Waals surface area contributed by atoms with E-state index in [2.05, 4.69) is 9.99 Å². The topological polar surface area (TPSA) is 74.5 Å². The number of ether oxygens (including phenoxy) is 2. The van der Waals surface area contributed by atoms with Crippen LogP contribution in [-0.2, 0) is 11.3 Å². The number of carbonyl (C=O) groups is 2. The molecule has 0 saturated heterocycles. The molecular formula is C24H29N3O4. The fourth-order valence-electron chi connectivity index (χ4n) is 3.55. The van der Waals surface area contributed by atoms with E-state index < -0.39 is 0 Å². The van der Waals surface area contributed by atoms with E-state index in [0.29, 0.717) is 30.0 Å². The molecule has 0 spiro atoms. The fraction of sp³-hybridized carbons (Fsp3) is 0.333. The zero-order valence-corrected chi connectivity index (χ0v) is 18.7. The molecule has 7 nitrogen and oxygen atoms in total. The molecule has 0 bridgehead atoms. The van der Waals surface area contributed by atoms with Crippen LogP contribution < -0.4 is 10.2 Å². The maximum atomic E-state index is 12.7. The van der Waals surface area contributed by atoms with Crippen molar-refractivity contribution in [2.45, 2.75) is 34.2 Å². The van der Waals surface area contributed by atoms with Gasteiger partial charge in [0.1, 0.15) is 5.75 Å². The lowest BCUT2D eigenvalue weighted by atomic mass is 10.1. The lowest BCUT2D eigenvalue weighted by Crippen LogP contribution is -2.24. The van der Waals surface area contributed by atoms with Gasteiger partial charge in [-0.1, -0.05) is 0 Å². The highest BCUT2D eigenvalue weighted by molar-refractivity contribution is 6.00. The summed E-state index contributed by atoms with van der Waals surface area (Å²) < 4.78 is 14.6. The number of aryl methyl sites for hydroxylation is 3. The average molecular weight is 424 g/mol. The molecule has 2 heterocycles. The molecule has 1 N–H and O–H groups in total.